The zero-order chi connectivity index (χ0) is 26.1. The number of para-hydroxylation sites is 1. The molecular weight excluding hydrogens is 474 g/mol. The van der Waals surface area contributed by atoms with E-state index in [1.54, 1.807) is 12.1 Å². The van der Waals surface area contributed by atoms with Crippen molar-refractivity contribution in [3.05, 3.63) is 54.4 Å². The highest BCUT2D eigenvalue weighted by Gasteiger charge is 2.40. The van der Waals surface area contributed by atoms with E-state index in [2.05, 4.69) is 60.8 Å². The van der Waals surface area contributed by atoms with Crippen molar-refractivity contribution < 1.29 is 5.11 Å². The van der Waals surface area contributed by atoms with Crippen LogP contribution < -0.4 is 15.5 Å². The van der Waals surface area contributed by atoms with Gasteiger partial charge >= 0.3 is 0 Å². The zero-order valence-electron chi connectivity index (χ0n) is 21.9. The lowest BCUT2D eigenvalue weighted by molar-refractivity contribution is 0.213. The van der Waals surface area contributed by atoms with Crippen LogP contribution in [0, 0.1) is 17.8 Å². The average molecular weight is 510 g/mol. The first-order valence-electron chi connectivity index (χ1n) is 13.7. The normalized spacial score (nSPS) is 21.8. The van der Waals surface area contributed by atoms with E-state index in [-0.39, 0.29) is 5.75 Å². The second-order valence-electron chi connectivity index (χ2n) is 10.9. The topological polar surface area (TPSA) is 94.6 Å². The Morgan fingerprint density at radius 3 is 2.53 bits per heavy atom. The molecule has 2 atom stereocenters. The summed E-state index contributed by atoms with van der Waals surface area (Å²) in [4.78, 5) is 11.9. The molecule has 1 aromatic carbocycles. The number of aromatic hydroxyl groups is 1. The molecule has 3 aliphatic rings. The molecule has 5 heterocycles. The van der Waals surface area contributed by atoms with Crippen molar-refractivity contribution in [1.82, 2.24) is 20.1 Å². The van der Waals surface area contributed by atoms with Crippen molar-refractivity contribution in [2.75, 3.05) is 48.3 Å². The first-order chi connectivity index (χ1) is 18.5. The van der Waals surface area contributed by atoms with Gasteiger partial charge < -0.3 is 20.6 Å². The number of benzene rings is 1. The van der Waals surface area contributed by atoms with Gasteiger partial charge in [0.05, 0.1) is 17.9 Å². The number of hydrogen-bond donors (Lipinski definition) is 2. The highest BCUT2D eigenvalue weighted by Crippen LogP contribution is 2.39. The van der Waals surface area contributed by atoms with Crippen LogP contribution in [0.4, 0.5) is 17.2 Å². The van der Waals surface area contributed by atoms with E-state index in [9.17, 15) is 5.11 Å². The third-order valence-electron chi connectivity index (χ3n) is 8.24. The van der Waals surface area contributed by atoms with Crippen molar-refractivity contribution in [3.63, 3.8) is 0 Å². The van der Waals surface area contributed by atoms with E-state index >= 15 is 0 Å². The second kappa shape index (κ2) is 10.5. The fraction of sp³-hybridized carbons (Fsp3) is 0.433. The summed E-state index contributed by atoms with van der Waals surface area (Å²) in [7, 11) is 0. The summed E-state index contributed by atoms with van der Waals surface area (Å²) in [6.07, 6.45) is 6.67. The molecule has 38 heavy (non-hydrogen) atoms. The smallest absolute Gasteiger partial charge is 0.169 e. The number of phenols is 1. The third kappa shape index (κ3) is 4.99. The van der Waals surface area contributed by atoms with Crippen LogP contribution in [0.5, 0.6) is 5.75 Å². The lowest BCUT2D eigenvalue weighted by atomic mass is 9.99. The van der Waals surface area contributed by atoms with Crippen molar-refractivity contribution >= 4 is 17.2 Å². The number of likely N-dealkylation sites (tertiary alicyclic amines) is 1. The standard InChI is InChI=1S/C30H35N7O/c1-21-11-15-35(16-12-21)14-4-5-22-17-23(10-13-32-22)37-24-8-9-25(37)20-36(19-24)28-18-27(33-34-30(28)31)26-6-2-3-7-29(26)38/h2-3,6-7,10,13,17-18,21,24-25,38H,8-9,11-12,14-16,19-20H2,1H3,(H2,31,34). The van der Waals surface area contributed by atoms with Crippen LogP contribution in [0.2, 0.25) is 0 Å². The number of fused-ring (bicyclic) bond motifs is 2. The van der Waals surface area contributed by atoms with E-state index < -0.39 is 0 Å². The SMILES string of the molecule is CC1CCN(CC#Cc2cc(N3C4CCC3CN(c3cc(-c5ccccc5O)nnc3N)C4)ccn2)CC1. The molecular formula is C30H35N7O. The number of anilines is 3. The van der Waals surface area contributed by atoms with Crippen molar-refractivity contribution in [1.29, 1.82) is 0 Å². The van der Waals surface area contributed by atoms with Gasteiger partial charge in [-0.2, -0.15) is 0 Å². The lowest BCUT2D eigenvalue weighted by Crippen LogP contribution is -2.54. The fourth-order valence-corrected chi connectivity index (χ4v) is 6.10. The minimum atomic E-state index is 0.185. The number of rotatable bonds is 4. The molecule has 2 unspecified atom stereocenters. The molecule has 0 saturated carbocycles. The summed E-state index contributed by atoms with van der Waals surface area (Å²) in [6.45, 7) is 7.13. The Bertz CT molecular complexity index is 1340. The molecule has 0 aliphatic carbocycles. The van der Waals surface area contributed by atoms with Crippen LogP contribution in [-0.4, -0.2) is 70.0 Å². The van der Waals surface area contributed by atoms with E-state index in [1.165, 1.54) is 18.5 Å². The molecule has 3 N–H and O–H groups in total. The Morgan fingerprint density at radius 1 is 1.00 bits per heavy atom. The molecule has 196 valence electrons. The maximum Gasteiger partial charge on any atom is 0.169 e. The van der Waals surface area contributed by atoms with Gasteiger partial charge in [-0.25, -0.2) is 4.98 Å². The molecule has 0 spiro atoms. The Hall–Kier alpha value is -3.83. The van der Waals surface area contributed by atoms with Crippen LogP contribution in [0.1, 0.15) is 38.3 Å². The molecule has 0 amide bonds. The van der Waals surface area contributed by atoms with Crippen LogP contribution in [0.3, 0.4) is 0 Å². The zero-order valence-corrected chi connectivity index (χ0v) is 21.9. The number of phenolic OH excluding ortho intramolecular Hbond substituents is 1. The molecule has 2 aromatic heterocycles. The van der Waals surface area contributed by atoms with E-state index in [0.29, 0.717) is 29.2 Å². The van der Waals surface area contributed by atoms with Gasteiger partial charge in [0, 0.05) is 42.6 Å². The first-order valence-corrected chi connectivity index (χ1v) is 13.7. The van der Waals surface area contributed by atoms with Gasteiger partial charge in [0.2, 0.25) is 0 Å². The Balaban J connectivity index is 1.17. The predicted octanol–water partition coefficient (Wildman–Crippen LogP) is 3.77. The van der Waals surface area contributed by atoms with Crippen LogP contribution in [0.15, 0.2) is 48.7 Å². The van der Waals surface area contributed by atoms with Gasteiger partial charge in [-0.3, -0.25) is 4.90 Å². The number of nitrogens with zero attached hydrogens (tertiary/aromatic N) is 6. The summed E-state index contributed by atoms with van der Waals surface area (Å²) in [5.74, 6) is 8.10. The summed E-state index contributed by atoms with van der Waals surface area (Å²) in [5, 5.41) is 18.8. The number of nitrogen functional groups attached to an aromatic ring is 1. The summed E-state index contributed by atoms with van der Waals surface area (Å²) in [6, 6.07) is 14.1. The molecule has 0 radical (unpaired) electrons. The molecule has 3 saturated heterocycles. The monoisotopic (exact) mass is 509 g/mol. The Kier molecular flexibility index (Phi) is 6.77. The van der Waals surface area contributed by atoms with Crippen molar-refractivity contribution in [2.24, 2.45) is 5.92 Å². The van der Waals surface area contributed by atoms with E-state index in [4.69, 9.17) is 5.73 Å². The number of hydrogen-bond acceptors (Lipinski definition) is 8. The van der Waals surface area contributed by atoms with Gasteiger partial charge in [-0.05, 0) is 80.9 Å². The number of aromatic nitrogens is 3. The number of nitrogens with two attached hydrogens (primary N) is 1. The molecule has 2 bridgehead atoms. The molecule has 3 fully saturated rings. The summed E-state index contributed by atoms with van der Waals surface area (Å²) >= 11 is 0. The van der Waals surface area contributed by atoms with Gasteiger partial charge in [0.15, 0.2) is 5.82 Å². The van der Waals surface area contributed by atoms with E-state index in [0.717, 1.165) is 62.9 Å². The Morgan fingerprint density at radius 2 is 1.76 bits per heavy atom. The quantitative estimate of drug-likeness (QED) is 0.514. The Labute approximate surface area is 224 Å². The van der Waals surface area contributed by atoms with Gasteiger partial charge in [0.25, 0.3) is 0 Å². The van der Waals surface area contributed by atoms with Gasteiger partial charge in [-0.1, -0.05) is 25.0 Å². The minimum Gasteiger partial charge on any atom is -0.507 e. The number of piperazine rings is 1. The maximum atomic E-state index is 10.3. The summed E-state index contributed by atoms with van der Waals surface area (Å²) < 4.78 is 0. The summed E-state index contributed by atoms with van der Waals surface area (Å²) in [5.41, 5.74) is 10.5. The van der Waals surface area contributed by atoms with Crippen molar-refractivity contribution in [2.45, 2.75) is 44.7 Å². The number of piperidine rings is 1. The van der Waals surface area contributed by atoms with Crippen LogP contribution >= 0.6 is 0 Å². The maximum absolute atomic E-state index is 10.3. The number of pyridine rings is 1. The van der Waals surface area contributed by atoms with Gasteiger partial charge in [0.1, 0.15) is 11.4 Å². The molecule has 3 aliphatic heterocycles. The molecule has 8 heteroatoms. The van der Waals surface area contributed by atoms with Crippen LogP contribution in [-0.2, 0) is 0 Å². The highest BCUT2D eigenvalue weighted by atomic mass is 16.3. The first kappa shape index (κ1) is 24.5. The average Bonchev–Trinajstić information content (AvgIpc) is 3.20. The fourth-order valence-electron chi connectivity index (χ4n) is 6.10. The predicted molar refractivity (Wildman–Crippen MR) is 151 cm³/mol. The molecule has 6 rings (SSSR count). The van der Waals surface area contributed by atoms with Crippen molar-refractivity contribution in [3.8, 4) is 28.8 Å². The lowest BCUT2D eigenvalue weighted by Gasteiger charge is -2.43. The third-order valence-corrected chi connectivity index (χ3v) is 8.24. The van der Waals surface area contributed by atoms with Crippen LogP contribution in [0.25, 0.3) is 11.3 Å². The largest absolute Gasteiger partial charge is 0.507 e. The second-order valence-corrected chi connectivity index (χ2v) is 10.9. The van der Waals surface area contributed by atoms with E-state index in [1.807, 2.05) is 24.4 Å². The minimum absolute atomic E-state index is 0.185. The van der Waals surface area contributed by atoms with Gasteiger partial charge in [-0.15, -0.1) is 10.2 Å². The highest BCUT2D eigenvalue weighted by molar-refractivity contribution is 5.74. The molecule has 8 nitrogen and oxygen atoms in total. The molecule has 3 aromatic rings.